The van der Waals surface area contributed by atoms with Crippen LogP contribution in [0.3, 0.4) is 0 Å². The van der Waals surface area contributed by atoms with Crippen molar-refractivity contribution in [1.29, 1.82) is 0 Å². The number of ether oxygens (including phenoxy) is 1. The van der Waals surface area contributed by atoms with E-state index in [2.05, 4.69) is 5.32 Å². The molecule has 2 unspecified atom stereocenters. The number of rotatable bonds is 3. The highest BCUT2D eigenvalue weighted by atomic mass is 16.5. The molecule has 0 heterocycles. The van der Waals surface area contributed by atoms with Crippen LogP contribution in [0.4, 0.5) is 0 Å². The Morgan fingerprint density at radius 1 is 1.33 bits per heavy atom. The maximum absolute atomic E-state index is 5.12. The lowest BCUT2D eigenvalue weighted by molar-refractivity contribution is 0.142. The maximum atomic E-state index is 5.12. The molecule has 0 aromatic rings. The van der Waals surface area contributed by atoms with Gasteiger partial charge in [0.05, 0.1) is 6.61 Å². The molecule has 0 bridgehead atoms. The van der Waals surface area contributed by atoms with Crippen LogP contribution in [0.25, 0.3) is 0 Å². The molecule has 0 aliphatic heterocycles. The average Bonchev–Trinajstić information content (AvgIpc) is 2.56. The SMILES string of the molecule is CC.CNC1CCCC1COC. The molecule has 0 amide bonds. The molecule has 1 aliphatic carbocycles. The Balaban J connectivity index is 0.000000561. The summed E-state index contributed by atoms with van der Waals surface area (Å²) in [6.07, 6.45) is 4.02. The van der Waals surface area contributed by atoms with Crippen molar-refractivity contribution in [2.45, 2.75) is 39.2 Å². The van der Waals surface area contributed by atoms with Crippen LogP contribution >= 0.6 is 0 Å². The van der Waals surface area contributed by atoms with Gasteiger partial charge in [-0.25, -0.2) is 0 Å². The minimum atomic E-state index is 0.708. The third-order valence-electron chi connectivity index (χ3n) is 2.41. The molecule has 1 rings (SSSR count). The first kappa shape index (κ1) is 11.9. The molecule has 74 valence electrons. The van der Waals surface area contributed by atoms with Crippen LogP contribution in [0.2, 0.25) is 0 Å². The second-order valence-corrected chi connectivity index (χ2v) is 3.04. The smallest absolute Gasteiger partial charge is 0.0505 e. The van der Waals surface area contributed by atoms with Crippen molar-refractivity contribution in [3.8, 4) is 0 Å². The summed E-state index contributed by atoms with van der Waals surface area (Å²) >= 11 is 0. The summed E-state index contributed by atoms with van der Waals surface area (Å²) in [6, 6.07) is 0.708. The summed E-state index contributed by atoms with van der Waals surface area (Å²) in [4.78, 5) is 0. The second-order valence-electron chi connectivity index (χ2n) is 3.04. The third-order valence-corrected chi connectivity index (χ3v) is 2.41. The molecule has 2 atom stereocenters. The first-order chi connectivity index (χ1) is 5.88. The van der Waals surface area contributed by atoms with E-state index >= 15 is 0 Å². The zero-order valence-electron chi connectivity index (χ0n) is 8.89. The van der Waals surface area contributed by atoms with Crippen molar-refractivity contribution < 1.29 is 4.74 Å². The summed E-state index contributed by atoms with van der Waals surface area (Å²) < 4.78 is 5.12. The van der Waals surface area contributed by atoms with E-state index in [1.165, 1.54) is 19.3 Å². The van der Waals surface area contributed by atoms with E-state index in [9.17, 15) is 0 Å². The van der Waals surface area contributed by atoms with Gasteiger partial charge in [-0.2, -0.15) is 0 Å². The lowest BCUT2D eigenvalue weighted by atomic mass is 10.1. The summed E-state index contributed by atoms with van der Waals surface area (Å²) in [7, 11) is 3.82. The lowest BCUT2D eigenvalue weighted by Crippen LogP contribution is -2.31. The van der Waals surface area contributed by atoms with E-state index in [1.807, 2.05) is 20.9 Å². The standard InChI is InChI=1S/C8H17NO.C2H6/c1-9-8-5-3-4-7(8)6-10-2;1-2/h7-9H,3-6H2,1-2H3;1-2H3. The Morgan fingerprint density at radius 3 is 2.50 bits per heavy atom. The maximum Gasteiger partial charge on any atom is 0.0505 e. The van der Waals surface area contributed by atoms with Gasteiger partial charge in [0, 0.05) is 13.2 Å². The molecule has 2 nitrogen and oxygen atoms in total. The van der Waals surface area contributed by atoms with Crippen molar-refractivity contribution >= 4 is 0 Å². The van der Waals surface area contributed by atoms with Crippen LogP contribution < -0.4 is 5.32 Å². The van der Waals surface area contributed by atoms with E-state index in [4.69, 9.17) is 4.74 Å². The van der Waals surface area contributed by atoms with Gasteiger partial charge < -0.3 is 10.1 Å². The zero-order valence-corrected chi connectivity index (χ0v) is 8.89. The van der Waals surface area contributed by atoms with Gasteiger partial charge in [0.25, 0.3) is 0 Å². The molecule has 1 aliphatic rings. The molecule has 1 fully saturated rings. The van der Waals surface area contributed by atoms with Crippen LogP contribution in [0.15, 0.2) is 0 Å². The Hall–Kier alpha value is -0.0800. The number of hydrogen-bond acceptors (Lipinski definition) is 2. The highest BCUT2D eigenvalue weighted by molar-refractivity contribution is 4.81. The van der Waals surface area contributed by atoms with Crippen LogP contribution in [0, 0.1) is 5.92 Å². The van der Waals surface area contributed by atoms with Gasteiger partial charge in [0.2, 0.25) is 0 Å². The van der Waals surface area contributed by atoms with E-state index in [0.717, 1.165) is 12.5 Å². The fraction of sp³-hybridized carbons (Fsp3) is 1.00. The summed E-state index contributed by atoms with van der Waals surface area (Å²) in [6.45, 7) is 4.92. The van der Waals surface area contributed by atoms with E-state index in [1.54, 1.807) is 7.11 Å². The fourth-order valence-electron chi connectivity index (χ4n) is 1.83. The number of nitrogens with one attached hydrogen (secondary N) is 1. The Kier molecular flexibility index (Phi) is 7.51. The quantitative estimate of drug-likeness (QED) is 0.705. The fourth-order valence-corrected chi connectivity index (χ4v) is 1.83. The van der Waals surface area contributed by atoms with E-state index in [-0.39, 0.29) is 0 Å². The van der Waals surface area contributed by atoms with Crippen LogP contribution in [-0.4, -0.2) is 26.8 Å². The summed E-state index contributed by atoms with van der Waals surface area (Å²) in [5.74, 6) is 0.759. The van der Waals surface area contributed by atoms with Gasteiger partial charge in [-0.05, 0) is 25.8 Å². The monoisotopic (exact) mass is 173 g/mol. The van der Waals surface area contributed by atoms with Crippen molar-refractivity contribution in [2.75, 3.05) is 20.8 Å². The highest BCUT2D eigenvalue weighted by Gasteiger charge is 2.25. The molecule has 0 aromatic heterocycles. The van der Waals surface area contributed by atoms with Crippen molar-refractivity contribution in [2.24, 2.45) is 5.92 Å². The molecular formula is C10H23NO. The van der Waals surface area contributed by atoms with E-state index < -0.39 is 0 Å². The molecule has 12 heavy (non-hydrogen) atoms. The minimum absolute atomic E-state index is 0.708. The van der Waals surface area contributed by atoms with Crippen LogP contribution in [0.5, 0.6) is 0 Å². The highest BCUT2D eigenvalue weighted by Crippen LogP contribution is 2.25. The predicted octanol–water partition coefficient (Wildman–Crippen LogP) is 2.05. The summed E-state index contributed by atoms with van der Waals surface area (Å²) in [5, 5.41) is 3.32. The molecule has 0 aromatic carbocycles. The molecule has 0 saturated heterocycles. The van der Waals surface area contributed by atoms with Gasteiger partial charge in [0.15, 0.2) is 0 Å². The van der Waals surface area contributed by atoms with Crippen LogP contribution in [0.1, 0.15) is 33.1 Å². The predicted molar refractivity (Wildman–Crippen MR) is 53.4 cm³/mol. The van der Waals surface area contributed by atoms with Gasteiger partial charge in [-0.15, -0.1) is 0 Å². The lowest BCUT2D eigenvalue weighted by Gasteiger charge is -2.17. The molecular weight excluding hydrogens is 150 g/mol. The van der Waals surface area contributed by atoms with Gasteiger partial charge >= 0.3 is 0 Å². The summed E-state index contributed by atoms with van der Waals surface area (Å²) in [5.41, 5.74) is 0. The largest absolute Gasteiger partial charge is 0.384 e. The van der Waals surface area contributed by atoms with Crippen molar-refractivity contribution in [3.63, 3.8) is 0 Å². The number of methoxy groups -OCH3 is 1. The molecule has 2 heteroatoms. The van der Waals surface area contributed by atoms with Gasteiger partial charge in [-0.1, -0.05) is 20.3 Å². The first-order valence-electron chi connectivity index (χ1n) is 5.04. The average molecular weight is 173 g/mol. The normalized spacial score (nSPS) is 28.0. The number of hydrogen-bond donors (Lipinski definition) is 1. The third kappa shape index (κ3) is 3.55. The van der Waals surface area contributed by atoms with E-state index in [0.29, 0.717) is 6.04 Å². The molecule has 0 spiro atoms. The second kappa shape index (κ2) is 7.56. The minimum Gasteiger partial charge on any atom is -0.384 e. The molecule has 1 N–H and O–H groups in total. The molecule has 1 saturated carbocycles. The Bertz CT molecular complexity index is 95.8. The van der Waals surface area contributed by atoms with Crippen molar-refractivity contribution in [3.05, 3.63) is 0 Å². The Morgan fingerprint density at radius 2 is 2.00 bits per heavy atom. The molecule has 0 radical (unpaired) electrons. The van der Waals surface area contributed by atoms with Crippen LogP contribution in [-0.2, 0) is 4.74 Å². The first-order valence-corrected chi connectivity index (χ1v) is 5.04. The zero-order chi connectivity index (χ0) is 9.40. The topological polar surface area (TPSA) is 21.3 Å². The van der Waals surface area contributed by atoms with Crippen molar-refractivity contribution in [1.82, 2.24) is 5.32 Å². The van der Waals surface area contributed by atoms with Gasteiger partial charge in [-0.3, -0.25) is 0 Å². The van der Waals surface area contributed by atoms with Gasteiger partial charge in [0.1, 0.15) is 0 Å². The Labute approximate surface area is 76.7 Å².